The Labute approximate surface area is 88.9 Å². The molecule has 0 saturated carbocycles. The lowest BCUT2D eigenvalue weighted by Gasteiger charge is -2.25. The number of oxime groups is 1. The van der Waals surface area contributed by atoms with Gasteiger partial charge in [0.15, 0.2) is 5.84 Å². The van der Waals surface area contributed by atoms with Crippen LogP contribution in [0.5, 0.6) is 0 Å². The highest BCUT2D eigenvalue weighted by Gasteiger charge is 2.21. The number of amidine groups is 1. The average Bonchev–Trinajstić information content (AvgIpc) is 2.26. The lowest BCUT2D eigenvalue weighted by atomic mass is 10.2. The highest BCUT2D eigenvalue weighted by molar-refractivity contribution is 8.01. The van der Waals surface area contributed by atoms with Crippen molar-refractivity contribution in [1.82, 2.24) is 0 Å². The normalized spacial score (nSPS) is 22.2. The molecule has 1 aliphatic rings. The van der Waals surface area contributed by atoms with Crippen LogP contribution in [0, 0.1) is 0 Å². The molecule has 0 amide bonds. The summed E-state index contributed by atoms with van der Waals surface area (Å²) in [5, 5.41) is 12.4. The van der Waals surface area contributed by atoms with Crippen LogP contribution in [0.25, 0.3) is 0 Å². The van der Waals surface area contributed by atoms with Gasteiger partial charge in [0.25, 0.3) is 0 Å². The van der Waals surface area contributed by atoms with Crippen molar-refractivity contribution in [1.29, 1.82) is 0 Å². The molecule has 0 radical (unpaired) electrons. The van der Waals surface area contributed by atoms with Crippen LogP contribution in [0.4, 0.5) is 0 Å². The van der Waals surface area contributed by atoms with Gasteiger partial charge in [-0.2, -0.15) is 0 Å². The Kier molecular flexibility index (Phi) is 5.11. The summed E-state index contributed by atoms with van der Waals surface area (Å²) in [6, 6.07) is 0. The van der Waals surface area contributed by atoms with Gasteiger partial charge < -0.3 is 15.7 Å². The second-order valence-corrected chi connectivity index (χ2v) is 4.88. The lowest BCUT2D eigenvalue weighted by molar-refractivity contribution is 0.1000. The molecule has 14 heavy (non-hydrogen) atoms. The van der Waals surface area contributed by atoms with Crippen LogP contribution in [-0.4, -0.2) is 34.8 Å². The standard InChI is InChI=1S/C9H18N2O2S/c1-2-8(9(10)11-12)14-7-3-5-13-6-4-7/h7-8,12H,2-6H2,1H3,(H2,10,11). The first-order valence-corrected chi connectivity index (χ1v) is 5.92. The van der Waals surface area contributed by atoms with E-state index in [9.17, 15) is 0 Å². The molecule has 1 fully saturated rings. The number of ether oxygens (including phenoxy) is 1. The third-order valence-electron chi connectivity index (χ3n) is 2.34. The maximum absolute atomic E-state index is 8.59. The fourth-order valence-corrected chi connectivity index (χ4v) is 2.79. The summed E-state index contributed by atoms with van der Waals surface area (Å²) >= 11 is 1.80. The highest BCUT2D eigenvalue weighted by atomic mass is 32.2. The molecule has 1 unspecified atom stereocenters. The van der Waals surface area contributed by atoms with Crippen molar-refractivity contribution in [2.45, 2.75) is 36.7 Å². The second kappa shape index (κ2) is 6.14. The van der Waals surface area contributed by atoms with Gasteiger partial charge in [0.2, 0.25) is 0 Å². The van der Waals surface area contributed by atoms with E-state index in [-0.39, 0.29) is 5.25 Å². The Balaban J connectivity index is 2.38. The summed E-state index contributed by atoms with van der Waals surface area (Å²) < 4.78 is 5.28. The summed E-state index contributed by atoms with van der Waals surface area (Å²) in [6.45, 7) is 3.73. The Morgan fingerprint density at radius 1 is 1.64 bits per heavy atom. The second-order valence-electron chi connectivity index (χ2n) is 3.37. The zero-order valence-corrected chi connectivity index (χ0v) is 9.30. The van der Waals surface area contributed by atoms with Crippen LogP contribution in [0.1, 0.15) is 26.2 Å². The summed E-state index contributed by atoms with van der Waals surface area (Å²) in [4.78, 5) is 0. The molecular formula is C9H18N2O2S. The first-order chi connectivity index (χ1) is 6.77. The molecule has 1 saturated heterocycles. The van der Waals surface area contributed by atoms with E-state index < -0.39 is 0 Å². The zero-order chi connectivity index (χ0) is 10.4. The molecule has 3 N–H and O–H groups in total. The van der Waals surface area contributed by atoms with E-state index in [0.29, 0.717) is 11.1 Å². The minimum absolute atomic E-state index is 0.142. The van der Waals surface area contributed by atoms with Gasteiger partial charge in [0.1, 0.15) is 0 Å². The Bertz CT molecular complexity index is 193. The number of nitrogens with zero attached hydrogens (tertiary/aromatic N) is 1. The summed E-state index contributed by atoms with van der Waals surface area (Å²) in [5.41, 5.74) is 5.59. The van der Waals surface area contributed by atoms with Crippen LogP contribution in [0.3, 0.4) is 0 Å². The van der Waals surface area contributed by atoms with Gasteiger partial charge in [-0.15, -0.1) is 11.8 Å². The molecule has 1 atom stereocenters. The predicted octanol–water partition coefficient (Wildman–Crippen LogP) is 1.42. The molecule has 4 nitrogen and oxygen atoms in total. The van der Waals surface area contributed by atoms with E-state index in [4.69, 9.17) is 15.7 Å². The maximum atomic E-state index is 8.59. The first kappa shape index (κ1) is 11.7. The Hall–Kier alpha value is -0.420. The fraction of sp³-hybridized carbons (Fsp3) is 0.889. The van der Waals surface area contributed by atoms with Gasteiger partial charge in [0, 0.05) is 18.5 Å². The maximum Gasteiger partial charge on any atom is 0.152 e. The van der Waals surface area contributed by atoms with Gasteiger partial charge >= 0.3 is 0 Å². The molecular weight excluding hydrogens is 200 g/mol. The van der Waals surface area contributed by atoms with Crippen LogP contribution in [0.15, 0.2) is 5.16 Å². The number of nitrogens with two attached hydrogens (primary N) is 1. The van der Waals surface area contributed by atoms with E-state index in [1.54, 1.807) is 11.8 Å². The third kappa shape index (κ3) is 3.38. The van der Waals surface area contributed by atoms with Crippen LogP contribution in [0.2, 0.25) is 0 Å². The average molecular weight is 218 g/mol. The Morgan fingerprint density at radius 3 is 2.79 bits per heavy atom. The molecule has 1 heterocycles. The molecule has 0 aliphatic carbocycles. The SMILES string of the molecule is CCC(SC1CCOCC1)C(N)=NO. The molecule has 0 aromatic heterocycles. The number of rotatable bonds is 4. The monoisotopic (exact) mass is 218 g/mol. The minimum atomic E-state index is 0.142. The number of hydrogen-bond acceptors (Lipinski definition) is 4. The predicted molar refractivity (Wildman–Crippen MR) is 58.9 cm³/mol. The zero-order valence-electron chi connectivity index (χ0n) is 8.48. The molecule has 0 bridgehead atoms. The summed E-state index contributed by atoms with van der Waals surface area (Å²) in [7, 11) is 0. The van der Waals surface area contributed by atoms with E-state index in [1.165, 1.54) is 0 Å². The van der Waals surface area contributed by atoms with E-state index >= 15 is 0 Å². The van der Waals surface area contributed by atoms with Crippen LogP contribution in [-0.2, 0) is 4.74 Å². The third-order valence-corrected chi connectivity index (χ3v) is 4.10. The van der Waals surface area contributed by atoms with Crippen molar-refractivity contribution in [3.8, 4) is 0 Å². The molecule has 0 aromatic rings. The summed E-state index contributed by atoms with van der Waals surface area (Å²) in [6.07, 6.45) is 3.04. The summed E-state index contributed by atoms with van der Waals surface area (Å²) in [5.74, 6) is 0.337. The van der Waals surface area contributed by atoms with E-state index in [2.05, 4.69) is 12.1 Å². The van der Waals surface area contributed by atoms with Crippen molar-refractivity contribution in [3.05, 3.63) is 0 Å². The van der Waals surface area contributed by atoms with E-state index in [1.807, 2.05) is 0 Å². The van der Waals surface area contributed by atoms with Crippen LogP contribution >= 0.6 is 11.8 Å². The fourth-order valence-electron chi connectivity index (χ4n) is 1.48. The quantitative estimate of drug-likeness (QED) is 0.324. The molecule has 82 valence electrons. The topological polar surface area (TPSA) is 67.8 Å². The highest BCUT2D eigenvalue weighted by Crippen LogP contribution is 2.27. The van der Waals surface area contributed by atoms with Crippen molar-refractivity contribution in [2.24, 2.45) is 10.9 Å². The molecule has 0 aromatic carbocycles. The van der Waals surface area contributed by atoms with Crippen molar-refractivity contribution in [3.63, 3.8) is 0 Å². The largest absolute Gasteiger partial charge is 0.409 e. The smallest absolute Gasteiger partial charge is 0.152 e. The minimum Gasteiger partial charge on any atom is -0.409 e. The number of thioether (sulfide) groups is 1. The molecule has 1 aliphatic heterocycles. The number of hydrogen-bond donors (Lipinski definition) is 2. The van der Waals surface area contributed by atoms with Crippen molar-refractivity contribution in [2.75, 3.05) is 13.2 Å². The van der Waals surface area contributed by atoms with Gasteiger partial charge in [-0.1, -0.05) is 12.1 Å². The molecule has 5 heteroatoms. The van der Waals surface area contributed by atoms with Crippen molar-refractivity contribution >= 4 is 17.6 Å². The Morgan fingerprint density at radius 2 is 2.29 bits per heavy atom. The van der Waals surface area contributed by atoms with Gasteiger partial charge in [-0.25, -0.2) is 0 Å². The van der Waals surface area contributed by atoms with Gasteiger partial charge in [-0.3, -0.25) is 0 Å². The van der Waals surface area contributed by atoms with E-state index in [0.717, 1.165) is 32.5 Å². The first-order valence-electron chi connectivity index (χ1n) is 4.98. The molecule has 1 rings (SSSR count). The van der Waals surface area contributed by atoms with Gasteiger partial charge in [-0.05, 0) is 19.3 Å². The van der Waals surface area contributed by atoms with Gasteiger partial charge in [0.05, 0.1) is 5.25 Å². The lowest BCUT2D eigenvalue weighted by Crippen LogP contribution is -2.29. The van der Waals surface area contributed by atoms with Crippen LogP contribution < -0.4 is 5.73 Å². The molecule has 0 spiro atoms. The van der Waals surface area contributed by atoms with Crippen molar-refractivity contribution < 1.29 is 9.94 Å².